The fourth-order valence-corrected chi connectivity index (χ4v) is 5.02. The second kappa shape index (κ2) is 9.37. The summed E-state index contributed by atoms with van der Waals surface area (Å²) in [5.41, 5.74) is 2.66. The molecule has 2 aromatic carbocycles. The van der Waals surface area contributed by atoms with E-state index in [-0.39, 0.29) is 11.8 Å². The largest absolute Gasteiger partial charge is 0.496 e. The molecule has 2 amide bonds. The van der Waals surface area contributed by atoms with Crippen molar-refractivity contribution in [3.8, 4) is 5.75 Å². The molecule has 0 aliphatic carbocycles. The number of piperidine rings is 1. The molecule has 5 nitrogen and oxygen atoms in total. The molecule has 0 spiro atoms. The van der Waals surface area contributed by atoms with Gasteiger partial charge in [-0.3, -0.25) is 14.5 Å². The van der Waals surface area contributed by atoms with Gasteiger partial charge in [-0.25, -0.2) is 0 Å². The molecule has 1 saturated heterocycles. The maximum absolute atomic E-state index is 13.6. The number of rotatable bonds is 6. The molecule has 1 fully saturated rings. The summed E-state index contributed by atoms with van der Waals surface area (Å²) in [6.07, 6.45) is 1.70. The van der Waals surface area contributed by atoms with E-state index in [9.17, 15) is 9.59 Å². The van der Waals surface area contributed by atoms with Crippen molar-refractivity contribution in [2.45, 2.75) is 26.7 Å². The average molecular weight is 453 g/mol. The molecule has 2 aromatic rings. The topological polar surface area (TPSA) is 49.9 Å². The van der Waals surface area contributed by atoms with E-state index in [1.807, 2.05) is 48.5 Å². The summed E-state index contributed by atoms with van der Waals surface area (Å²) in [4.78, 5) is 30.7. The summed E-state index contributed by atoms with van der Waals surface area (Å²) < 4.78 is 5.55. The maximum Gasteiger partial charge on any atom is 0.277 e. The van der Waals surface area contributed by atoms with Gasteiger partial charge in [0.05, 0.1) is 12.7 Å². The number of hydrogen-bond acceptors (Lipinski definition) is 4. The Labute approximate surface area is 194 Å². The van der Waals surface area contributed by atoms with Gasteiger partial charge < -0.3 is 9.64 Å². The third kappa shape index (κ3) is 4.40. The number of likely N-dealkylation sites (tertiary alicyclic amines) is 1. The zero-order valence-electron chi connectivity index (χ0n) is 18.8. The number of ether oxygens (including phenoxy) is 1. The highest BCUT2D eigenvalue weighted by atomic mass is 35.5. The van der Waals surface area contributed by atoms with Crippen molar-refractivity contribution < 1.29 is 14.3 Å². The predicted molar refractivity (Wildman–Crippen MR) is 126 cm³/mol. The van der Waals surface area contributed by atoms with Crippen LogP contribution in [0.2, 0.25) is 5.02 Å². The van der Waals surface area contributed by atoms with Gasteiger partial charge in [0.15, 0.2) is 0 Å². The van der Waals surface area contributed by atoms with Crippen LogP contribution < -0.4 is 4.74 Å². The second-order valence-electron chi connectivity index (χ2n) is 8.91. The molecule has 0 radical (unpaired) electrons. The maximum atomic E-state index is 13.6. The third-order valence-corrected chi connectivity index (χ3v) is 6.49. The number of nitrogens with zero attached hydrogens (tertiary/aromatic N) is 2. The minimum absolute atomic E-state index is 0.217. The van der Waals surface area contributed by atoms with Gasteiger partial charge in [-0.15, -0.1) is 0 Å². The molecule has 4 rings (SSSR count). The molecule has 0 bridgehead atoms. The molecule has 2 atom stereocenters. The number of hydrogen-bond donors (Lipinski definition) is 0. The van der Waals surface area contributed by atoms with Gasteiger partial charge in [0, 0.05) is 30.2 Å². The second-order valence-corrected chi connectivity index (χ2v) is 9.35. The zero-order chi connectivity index (χ0) is 22.8. The van der Waals surface area contributed by atoms with Crippen molar-refractivity contribution in [2.24, 2.45) is 11.8 Å². The predicted octanol–water partition coefficient (Wildman–Crippen LogP) is 4.65. The molecular weight excluding hydrogens is 424 g/mol. The monoisotopic (exact) mass is 452 g/mol. The highest BCUT2D eigenvalue weighted by Crippen LogP contribution is 2.38. The smallest absolute Gasteiger partial charge is 0.277 e. The Hall–Kier alpha value is -2.79. The molecule has 0 aromatic heterocycles. The first-order valence-electron chi connectivity index (χ1n) is 11.1. The quantitative estimate of drug-likeness (QED) is 0.598. The molecule has 2 heterocycles. The van der Waals surface area contributed by atoms with Crippen LogP contribution in [0.25, 0.3) is 5.57 Å². The van der Waals surface area contributed by atoms with Crippen LogP contribution in [-0.4, -0.2) is 48.4 Å². The van der Waals surface area contributed by atoms with E-state index in [0.29, 0.717) is 52.4 Å². The Morgan fingerprint density at radius 3 is 2.28 bits per heavy atom. The Bertz CT molecular complexity index is 1040. The molecule has 2 aliphatic heterocycles. The molecule has 2 unspecified atom stereocenters. The van der Waals surface area contributed by atoms with Gasteiger partial charge in [0.2, 0.25) is 0 Å². The Kier molecular flexibility index (Phi) is 6.56. The number of para-hydroxylation sites is 1. The van der Waals surface area contributed by atoms with Crippen molar-refractivity contribution in [3.63, 3.8) is 0 Å². The van der Waals surface area contributed by atoms with Crippen LogP contribution in [0.3, 0.4) is 0 Å². The lowest BCUT2D eigenvalue weighted by molar-refractivity contribution is -0.137. The number of amides is 2. The first kappa shape index (κ1) is 22.4. The van der Waals surface area contributed by atoms with Gasteiger partial charge in [0.1, 0.15) is 11.4 Å². The van der Waals surface area contributed by atoms with Gasteiger partial charge in [-0.2, -0.15) is 0 Å². The lowest BCUT2D eigenvalue weighted by Crippen LogP contribution is -2.42. The van der Waals surface area contributed by atoms with Crippen LogP contribution in [0.5, 0.6) is 5.75 Å². The summed E-state index contributed by atoms with van der Waals surface area (Å²) >= 11 is 5.99. The molecular formula is C26H29ClN2O3. The van der Waals surface area contributed by atoms with Crippen LogP contribution in [-0.2, 0) is 16.0 Å². The number of halogens is 1. The standard InChI is InChI=1S/C26H29ClN2O3/c1-17-14-18(2)16-28(15-17)24-23(21-6-4-5-7-22(21)32-3)25(30)29(26(24)31)13-12-19-8-10-20(27)11-9-19/h4-11,17-18H,12-16H2,1-3H3. The van der Waals surface area contributed by atoms with Crippen molar-refractivity contribution >= 4 is 29.0 Å². The first-order chi connectivity index (χ1) is 15.4. The molecule has 32 heavy (non-hydrogen) atoms. The van der Waals surface area contributed by atoms with Crippen LogP contribution in [0.15, 0.2) is 54.2 Å². The first-order valence-corrected chi connectivity index (χ1v) is 11.5. The van der Waals surface area contributed by atoms with Gasteiger partial charge in [-0.05, 0) is 48.4 Å². The Morgan fingerprint density at radius 1 is 0.969 bits per heavy atom. The van der Waals surface area contributed by atoms with Crippen molar-refractivity contribution in [1.82, 2.24) is 9.80 Å². The minimum Gasteiger partial charge on any atom is -0.496 e. The van der Waals surface area contributed by atoms with Crippen LogP contribution in [0.4, 0.5) is 0 Å². The fraction of sp³-hybridized carbons (Fsp3) is 0.385. The molecule has 0 N–H and O–H groups in total. The number of benzene rings is 2. The van der Waals surface area contributed by atoms with E-state index in [0.717, 1.165) is 25.1 Å². The van der Waals surface area contributed by atoms with E-state index in [2.05, 4.69) is 18.7 Å². The summed E-state index contributed by atoms with van der Waals surface area (Å²) in [5, 5.41) is 0.665. The summed E-state index contributed by atoms with van der Waals surface area (Å²) in [6.45, 7) is 6.25. The van der Waals surface area contributed by atoms with Crippen molar-refractivity contribution in [1.29, 1.82) is 0 Å². The van der Waals surface area contributed by atoms with Crippen LogP contribution in [0.1, 0.15) is 31.4 Å². The number of carbonyl (C=O) groups is 2. The zero-order valence-corrected chi connectivity index (χ0v) is 19.6. The lowest BCUT2D eigenvalue weighted by Gasteiger charge is -2.37. The Balaban J connectivity index is 1.70. The van der Waals surface area contributed by atoms with Crippen LogP contribution >= 0.6 is 11.6 Å². The molecule has 6 heteroatoms. The van der Waals surface area contributed by atoms with E-state index >= 15 is 0 Å². The number of carbonyl (C=O) groups excluding carboxylic acids is 2. The molecule has 2 aliphatic rings. The summed E-state index contributed by atoms with van der Waals surface area (Å²) in [7, 11) is 1.59. The normalized spacial score (nSPS) is 21.5. The van der Waals surface area contributed by atoms with Gasteiger partial charge in [0.25, 0.3) is 11.8 Å². The lowest BCUT2D eigenvalue weighted by atomic mass is 9.91. The fourth-order valence-electron chi connectivity index (χ4n) is 4.89. The summed E-state index contributed by atoms with van der Waals surface area (Å²) in [6, 6.07) is 14.9. The SMILES string of the molecule is COc1ccccc1C1=C(N2CC(C)CC(C)C2)C(=O)N(CCc2ccc(Cl)cc2)C1=O. The Morgan fingerprint density at radius 2 is 1.62 bits per heavy atom. The average Bonchev–Trinajstić information content (AvgIpc) is 3.02. The third-order valence-electron chi connectivity index (χ3n) is 6.24. The summed E-state index contributed by atoms with van der Waals surface area (Å²) in [5.74, 6) is 1.03. The highest BCUT2D eigenvalue weighted by Gasteiger charge is 2.43. The number of methoxy groups -OCH3 is 1. The van der Waals surface area contributed by atoms with Crippen molar-refractivity contribution in [3.05, 3.63) is 70.4 Å². The van der Waals surface area contributed by atoms with Crippen molar-refractivity contribution in [2.75, 3.05) is 26.7 Å². The van der Waals surface area contributed by atoms with E-state index < -0.39 is 0 Å². The van der Waals surface area contributed by atoms with E-state index in [4.69, 9.17) is 16.3 Å². The van der Waals surface area contributed by atoms with Gasteiger partial charge in [-0.1, -0.05) is 55.8 Å². The highest BCUT2D eigenvalue weighted by molar-refractivity contribution is 6.36. The minimum atomic E-state index is -0.255. The van der Waals surface area contributed by atoms with E-state index in [1.165, 1.54) is 4.90 Å². The number of imide groups is 1. The van der Waals surface area contributed by atoms with Gasteiger partial charge >= 0.3 is 0 Å². The molecule has 168 valence electrons. The van der Waals surface area contributed by atoms with E-state index in [1.54, 1.807) is 7.11 Å². The molecule has 0 saturated carbocycles. The van der Waals surface area contributed by atoms with Crippen LogP contribution in [0, 0.1) is 11.8 Å².